The van der Waals surface area contributed by atoms with Gasteiger partial charge in [0, 0.05) is 6.42 Å². The summed E-state index contributed by atoms with van der Waals surface area (Å²) in [5.41, 5.74) is -0.271. The van der Waals surface area contributed by atoms with Gasteiger partial charge in [0.15, 0.2) is 0 Å². The fourth-order valence-corrected chi connectivity index (χ4v) is 1.31. The Hall–Kier alpha value is -0.860. The Morgan fingerprint density at radius 1 is 1.36 bits per heavy atom. The molecule has 0 aliphatic carbocycles. The van der Waals surface area contributed by atoms with Crippen molar-refractivity contribution < 1.29 is 4.79 Å². The van der Waals surface area contributed by atoms with Gasteiger partial charge in [-0.2, -0.15) is 0 Å². The Kier molecular flexibility index (Phi) is 2.70. The number of amidine groups is 1. The molecule has 0 saturated heterocycles. The monoisotopic (exact) mass is 196 g/mol. The van der Waals surface area contributed by atoms with Crippen LogP contribution in [0.4, 0.5) is 0 Å². The molecule has 0 unspecified atom stereocenters. The van der Waals surface area contributed by atoms with E-state index in [4.69, 9.17) is 0 Å². The number of hydrogen-bond donors (Lipinski definition) is 1. The molecule has 0 atom stereocenters. The Labute approximate surface area is 86.0 Å². The van der Waals surface area contributed by atoms with Gasteiger partial charge in [-0.15, -0.1) is 0 Å². The zero-order valence-electron chi connectivity index (χ0n) is 9.77. The van der Waals surface area contributed by atoms with Gasteiger partial charge in [-0.25, -0.2) is 0 Å². The first-order chi connectivity index (χ1) is 6.21. The summed E-state index contributed by atoms with van der Waals surface area (Å²) in [5, 5.41) is 2.83. The number of amides is 1. The van der Waals surface area contributed by atoms with Crippen molar-refractivity contribution in [2.24, 2.45) is 10.4 Å². The summed E-state index contributed by atoms with van der Waals surface area (Å²) in [6.07, 6.45) is 1.90. The Bertz CT molecular complexity index is 272. The van der Waals surface area contributed by atoms with Gasteiger partial charge in [0.05, 0.1) is 0 Å². The minimum atomic E-state index is -0.562. The Morgan fingerprint density at radius 2 is 1.93 bits per heavy atom. The van der Waals surface area contributed by atoms with Gasteiger partial charge >= 0.3 is 0 Å². The molecule has 14 heavy (non-hydrogen) atoms. The number of nitrogens with zero attached hydrogens (tertiary/aromatic N) is 1. The van der Waals surface area contributed by atoms with Crippen LogP contribution in [0.15, 0.2) is 4.99 Å². The van der Waals surface area contributed by atoms with Crippen LogP contribution in [0.2, 0.25) is 0 Å². The summed E-state index contributed by atoms with van der Waals surface area (Å²) < 4.78 is 0. The second-order valence-corrected chi connectivity index (χ2v) is 5.63. The number of hydrogen-bond acceptors (Lipinski definition) is 2. The normalized spacial score (nSPS) is 20.6. The zero-order chi connectivity index (χ0) is 11.0. The summed E-state index contributed by atoms with van der Waals surface area (Å²) in [6, 6.07) is 0. The second-order valence-electron chi connectivity index (χ2n) is 5.63. The predicted molar refractivity (Wildman–Crippen MR) is 58.3 cm³/mol. The minimum absolute atomic E-state index is 0.0152. The highest BCUT2D eigenvalue weighted by atomic mass is 16.2. The summed E-state index contributed by atoms with van der Waals surface area (Å²) in [4.78, 5) is 15.8. The molecule has 0 aromatic rings. The molecule has 0 radical (unpaired) electrons. The van der Waals surface area contributed by atoms with E-state index in [1.54, 1.807) is 0 Å². The van der Waals surface area contributed by atoms with Crippen molar-refractivity contribution in [2.45, 2.75) is 53.0 Å². The van der Waals surface area contributed by atoms with E-state index in [9.17, 15) is 4.79 Å². The third-order valence-electron chi connectivity index (χ3n) is 2.34. The van der Waals surface area contributed by atoms with Gasteiger partial charge in [0.25, 0.3) is 5.91 Å². The average Bonchev–Trinajstić information content (AvgIpc) is 2.21. The lowest BCUT2D eigenvalue weighted by atomic mass is 9.90. The summed E-state index contributed by atoms with van der Waals surface area (Å²) in [7, 11) is 0. The van der Waals surface area contributed by atoms with E-state index in [1.807, 2.05) is 13.8 Å². The summed E-state index contributed by atoms with van der Waals surface area (Å²) in [5.74, 6) is 0.858. The molecule has 0 aromatic heterocycles. The van der Waals surface area contributed by atoms with Gasteiger partial charge in [-0.3, -0.25) is 9.79 Å². The van der Waals surface area contributed by atoms with Crippen LogP contribution in [0, 0.1) is 5.41 Å². The fourth-order valence-electron chi connectivity index (χ4n) is 1.31. The number of carbonyl (C=O) groups is 1. The molecule has 3 nitrogen and oxygen atoms in total. The molecule has 1 N–H and O–H groups in total. The lowest BCUT2D eigenvalue weighted by molar-refractivity contribution is -0.122. The van der Waals surface area contributed by atoms with Crippen LogP contribution in [0.1, 0.15) is 47.5 Å². The smallest absolute Gasteiger partial charge is 0.252 e. The van der Waals surface area contributed by atoms with Crippen LogP contribution >= 0.6 is 0 Å². The van der Waals surface area contributed by atoms with Gasteiger partial charge < -0.3 is 5.32 Å². The first kappa shape index (κ1) is 11.2. The van der Waals surface area contributed by atoms with Crippen molar-refractivity contribution in [2.75, 3.05) is 0 Å². The van der Waals surface area contributed by atoms with Crippen LogP contribution in [0.25, 0.3) is 0 Å². The molecule has 3 heteroatoms. The van der Waals surface area contributed by atoms with Crippen molar-refractivity contribution in [1.82, 2.24) is 5.32 Å². The molecule has 0 saturated carbocycles. The molecule has 0 spiro atoms. The lowest BCUT2D eigenvalue weighted by Crippen LogP contribution is -2.34. The highest BCUT2D eigenvalue weighted by Gasteiger charge is 2.33. The van der Waals surface area contributed by atoms with E-state index in [0.29, 0.717) is 5.41 Å². The second kappa shape index (κ2) is 3.37. The molecular formula is C11H20N2O. The molecular weight excluding hydrogens is 176 g/mol. The third kappa shape index (κ3) is 2.82. The van der Waals surface area contributed by atoms with Crippen molar-refractivity contribution in [1.29, 1.82) is 0 Å². The van der Waals surface area contributed by atoms with Gasteiger partial charge in [0.2, 0.25) is 0 Å². The number of nitrogens with one attached hydrogen (secondary N) is 1. The quantitative estimate of drug-likeness (QED) is 0.722. The molecule has 1 amide bonds. The highest BCUT2D eigenvalue weighted by molar-refractivity contribution is 6.07. The molecule has 1 rings (SSSR count). The number of carbonyl (C=O) groups excluding carboxylic acids is 1. The van der Waals surface area contributed by atoms with E-state index < -0.39 is 5.54 Å². The standard InChI is InChI=1S/C11H20N2O/c1-10(2,3)7-6-8-12-9(14)11(4,5)13-8/h6-7H2,1-5H3,(H,12,13,14). The molecule has 0 aromatic carbocycles. The molecule has 0 bridgehead atoms. The van der Waals surface area contributed by atoms with Crippen LogP contribution in [0.3, 0.4) is 0 Å². The average molecular weight is 196 g/mol. The van der Waals surface area contributed by atoms with Gasteiger partial charge in [-0.1, -0.05) is 20.8 Å². The lowest BCUT2D eigenvalue weighted by Gasteiger charge is -2.17. The predicted octanol–water partition coefficient (Wildman–Crippen LogP) is 2.12. The maximum atomic E-state index is 11.4. The van der Waals surface area contributed by atoms with Crippen molar-refractivity contribution in [3.8, 4) is 0 Å². The first-order valence-corrected chi connectivity index (χ1v) is 5.11. The van der Waals surface area contributed by atoms with Gasteiger partial charge in [0.1, 0.15) is 11.4 Å². The topological polar surface area (TPSA) is 41.5 Å². The largest absolute Gasteiger partial charge is 0.312 e. The maximum Gasteiger partial charge on any atom is 0.252 e. The Balaban J connectivity index is 2.54. The van der Waals surface area contributed by atoms with Crippen molar-refractivity contribution >= 4 is 11.7 Å². The molecule has 0 fully saturated rings. The van der Waals surface area contributed by atoms with E-state index in [-0.39, 0.29) is 5.91 Å². The van der Waals surface area contributed by atoms with Crippen molar-refractivity contribution in [3.05, 3.63) is 0 Å². The van der Waals surface area contributed by atoms with Crippen LogP contribution in [-0.2, 0) is 4.79 Å². The minimum Gasteiger partial charge on any atom is -0.312 e. The SMILES string of the molecule is CC(C)(C)CCC1=NC(C)(C)C(=O)N1. The molecule has 1 heterocycles. The van der Waals surface area contributed by atoms with E-state index in [0.717, 1.165) is 18.7 Å². The zero-order valence-corrected chi connectivity index (χ0v) is 9.77. The van der Waals surface area contributed by atoms with Gasteiger partial charge in [-0.05, 0) is 25.7 Å². The van der Waals surface area contributed by atoms with Crippen LogP contribution in [0.5, 0.6) is 0 Å². The number of aliphatic imine (C=N–C) groups is 1. The van der Waals surface area contributed by atoms with Crippen LogP contribution in [-0.4, -0.2) is 17.3 Å². The van der Waals surface area contributed by atoms with E-state index >= 15 is 0 Å². The van der Waals surface area contributed by atoms with Crippen molar-refractivity contribution in [3.63, 3.8) is 0 Å². The molecule has 1 aliphatic heterocycles. The molecule has 1 aliphatic rings. The van der Waals surface area contributed by atoms with Crippen LogP contribution < -0.4 is 5.32 Å². The maximum absolute atomic E-state index is 11.4. The highest BCUT2D eigenvalue weighted by Crippen LogP contribution is 2.23. The van der Waals surface area contributed by atoms with E-state index in [2.05, 4.69) is 31.1 Å². The van der Waals surface area contributed by atoms with E-state index in [1.165, 1.54) is 0 Å². The number of rotatable bonds is 2. The summed E-state index contributed by atoms with van der Waals surface area (Å²) in [6.45, 7) is 10.2. The summed E-state index contributed by atoms with van der Waals surface area (Å²) >= 11 is 0. The first-order valence-electron chi connectivity index (χ1n) is 5.11. The Morgan fingerprint density at radius 3 is 2.29 bits per heavy atom. The third-order valence-corrected chi connectivity index (χ3v) is 2.34. The fraction of sp³-hybridized carbons (Fsp3) is 0.818. The molecule has 80 valence electrons.